The van der Waals surface area contributed by atoms with Gasteiger partial charge in [-0.25, -0.2) is 0 Å². The van der Waals surface area contributed by atoms with Crippen LogP contribution in [0.5, 0.6) is 40.2 Å². The van der Waals surface area contributed by atoms with E-state index in [1.807, 2.05) is 0 Å². The average molecular weight is 564 g/mol. The van der Waals surface area contributed by atoms with E-state index in [9.17, 15) is 14.7 Å². The summed E-state index contributed by atoms with van der Waals surface area (Å²) in [7, 11) is 7.36. The molecule has 0 saturated carbocycles. The lowest BCUT2D eigenvalue weighted by atomic mass is 9.94. The van der Waals surface area contributed by atoms with Crippen LogP contribution in [-0.2, 0) is 16.1 Å². The van der Waals surface area contributed by atoms with E-state index in [2.05, 4.69) is 0 Å². The number of amides is 1. The van der Waals surface area contributed by atoms with Crippen molar-refractivity contribution >= 4 is 17.4 Å². The van der Waals surface area contributed by atoms with Crippen LogP contribution in [0.1, 0.15) is 22.7 Å². The fourth-order valence-corrected chi connectivity index (χ4v) is 5.02. The van der Waals surface area contributed by atoms with Crippen molar-refractivity contribution in [3.05, 3.63) is 70.8 Å². The molecular formula is C30H29NO10. The number of carbonyl (C=O) groups is 2. The van der Waals surface area contributed by atoms with Gasteiger partial charge in [-0.15, -0.1) is 0 Å². The highest BCUT2D eigenvalue weighted by atomic mass is 16.7. The maximum Gasteiger partial charge on any atom is 0.295 e. The second-order valence-corrected chi connectivity index (χ2v) is 9.14. The first-order valence-corrected chi connectivity index (χ1v) is 12.5. The minimum atomic E-state index is -1.01. The number of fused-ring (bicyclic) bond motifs is 1. The van der Waals surface area contributed by atoms with Crippen molar-refractivity contribution in [1.29, 1.82) is 0 Å². The van der Waals surface area contributed by atoms with Crippen LogP contribution in [0.15, 0.2) is 54.1 Å². The van der Waals surface area contributed by atoms with Crippen LogP contribution in [0.3, 0.4) is 0 Å². The molecule has 214 valence electrons. The van der Waals surface area contributed by atoms with Crippen molar-refractivity contribution in [3.63, 3.8) is 0 Å². The third kappa shape index (κ3) is 4.79. The number of ether oxygens (including phenoxy) is 7. The number of hydrogen-bond acceptors (Lipinski definition) is 10. The van der Waals surface area contributed by atoms with Crippen molar-refractivity contribution in [2.24, 2.45) is 0 Å². The van der Waals surface area contributed by atoms with Crippen LogP contribution in [0, 0.1) is 0 Å². The minimum Gasteiger partial charge on any atom is -0.507 e. The van der Waals surface area contributed by atoms with Gasteiger partial charge in [0.25, 0.3) is 11.7 Å². The Morgan fingerprint density at radius 2 is 1.46 bits per heavy atom. The monoisotopic (exact) mass is 563 g/mol. The summed E-state index contributed by atoms with van der Waals surface area (Å²) in [6.45, 7) is 0.130. The van der Waals surface area contributed by atoms with E-state index in [0.29, 0.717) is 51.4 Å². The fourth-order valence-electron chi connectivity index (χ4n) is 5.02. The van der Waals surface area contributed by atoms with Gasteiger partial charge in [0.1, 0.15) is 5.76 Å². The number of ketones is 1. The van der Waals surface area contributed by atoms with Crippen LogP contribution < -0.4 is 33.2 Å². The Hall–Kier alpha value is -5.06. The Balaban J connectivity index is 1.69. The first kappa shape index (κ1) is 27.5. The molecule has 0 radical (unpaired) electrons. The highest BCUT2D eigenvalue weighted by molar-refractivity contribution is 6.46. The number of benzene rings is 3. The molecular weight excluding hydrogens is 534 g/mol. The van der Waals surface area contributed by atoms with Crippen molar-refractivity contribution in [3.8, 4) is 40.2 Å². The van der Waals surface area contributed by atoms with Crippen molar-refractivity contribution in [2.75, 3.05) is 42.3 Å². The van der Waals surface area contributed by atoms with Crippen LogP contribution in [0.2, 0.25) is 0 Å². The van der Waals surface area contributed by atoms with E-state index in [4.69, 9.17) is 33.2 Å². The molecule has 11 heteroatoms. The smallest absolute Gasteiger partial charge is 0.295 e. The lowest BCUT2D eigenvalue weighted by molar-refractivity contribution is -0.140. The van der Waals surface area contributed by atoms with Gasteiger partial charge in [-0.3, -0.25) is 9.59 Å². The number of likely N-dealkylation sites (tertiary alicyclic amines) is 1. The molecule has 1 atom stereocenters. The fraction of sp³-hybridized carbons (Fsp3) is 0.267. The molecule has 0 spiro atoms. The van der Waals surface area contributed by atoms with Gasteiger partial charge in [0.2, 0.25) is 12.5 Å². The maximum atomic E-state index is 13.6. The van der Waals surface area contributed by atoms with Crippen molar-refractivity contribution in [1.82, 2.24) is 4.90 Å². The number of methoxy groups -OCH3 is 5. The molecule has 5 rings (SSSR count). The van der Waals surface area contributed by atoms with Gasteiger partial charge in [0.15, 0.2) is 34.5 Å². The standard InChI is InChI=1S/C30H29NO10/c1-35-19-9-7-17(11-21(19)36-2)27(32)25-26(18-12-23(37-3)29(39-5)24(13-18)38-4)31(30(34)28(25)33)14-16-6-8-20-22(10-16)41-15-40-20/h6-13,26,32H,14-15H2,1-5H3/t26-/m0/s1. The molecule has 2 heterocycles. The zero-order valence-corrected chi connectivity index (χ0v) is 23.2. The Morgan fingerprint density at radius 1 is 0.805 bits per heavy atom. The molecule has 3 aromatic carbocycles. The summed E-state index contributed by atoms with van der Waals surface area (Å²) in [5, 5.41) is 11.5. The molecule has 1 amide bonds. The summed E-state index contributed by atoms with van der Waals surface area (Å²) in [5.41, 5.74) is 1.31. The molecule has 0 aliphatic carbocycles. The number of rotatable bonds is 9. The van der Waals surface area contributed by atoms with Gasteiger partial charge in [0.05, 0.1) is 47.2 Å². The van der Waals surface area contributed by atoms with E-state index in [1.54, 1.807) is 42.5 Å². The molecule has 1 fully saturated rings. The summed E-state index contributed by atoms with van der Waals surface area (Å²) in [5.74, 6) is 0.870. The van der Waals surface area contributed by atoms with E-state index < -0.39 is 17.7 Å². The SMILES string of the molecule is COc1ccc(C(O)=C2C(=O)C(=O)N(Cc3ccc4c(c3)OCO4)[C@H]2c2cc(OC)c(OC)c(OC)c2)cc1OC. The first-order valence-electron chi connectivity index (χ1n) is 12.5. The molecule has 0 aromatic heterocycles. The van der Waals surface area contributed by atoms with Crippen molar-refractivity contribution < 1.29 is 47.9 Å². The third-order valence-electron chi connectivity index (χ3n) is 6.99. The topological polar surface area (TPSA) is 122 Å². The van der Waals surface area contributed by atoms with E-state index in [1.165, 1.54) is 46.5 Å². The quantitative estimate of drug-likeness (QED) is 0.232. The van der Waals surface area contributed by atoms with Gasteiger partial charge >= 0.3 is 0 Å². The Bertz CT molecular complexity index is 1520. The number of Topliss-reactive ketones (excluding diaryl/α,β-unsaturated/α-hetero) is 1. The van der Waals surface area contributed by atoms with E-state index >= 15 is 0 Å². The van der Waals surface area contributed by atoms with Crippen molar-refractivity contribution in [2.45, 2.75) is 12.6 Å². The van der Waals surface area contributed by atoms with Gasteiger partial charge < -0.3 is 43.2 Å². The Kier molecular flexibility index (Phi) is 7.52. The molecule has 0 bridgehead atoms. The molecule has 0 unspecified atom stereocenters. The number of carbonyl (C=O) groups excluding carboxylic acids is 2. The first-order chi connectivity index (χ1) is 19.8. The highest BCUT2D eigenvalue weighted by Crippen LogP contribution is 2.47. The van der Waals surface area contributed by atoms with E-state index in [-0.39, 0.29) is 30.2 Å². The number of aliphatic hydroxyl groups is 1. The summed E-state index contributed by atoms with van der Waals surface area (Å²) in [4.78, 5) is 28.6. The second kappa shape index (κ2) is 11.2. The molecule has 1 N–H and O–H groups in total. The third-order valence-corrected chi connectivity index (χ3v) is 6.99. The predicted octanol–water partition coefficient (Wildman–Crippen LogP) is 4.08. The van der Waals surface area contributed by atoms with Gasteiger partial charge in [-0.1, -0.05) is 6.07 Å². The summed E-state index contributed by atoms with van der Waals surface area (Å²) in [6.07, 6.45) is 0. The average Bonchev–Trinajstić information content (AvgIpc) is 3.57. The van der Waals surface area contributed by atoms with Gasteiger partial charge in [0, 0.05) is 12.1 Å². The van der Waals surface area contributed by atoms with Crippen LogP contribution in [-0.4, -0.2) is 64.0 Å². The van der Waals surface area contributed by atoms with Crippen LogP contribution >= 0.6 is 0 Å². The molecule has 2 aliphatic heterocycles. The van der Waals surface area contributed by atoms with Gasteiger partial charge in [-0.2, -0.15) is 0 Å². The maximum absolute atomic E-state index is 13.6. The number of nitrogens with zero attached hydrogens (tertiary/aromatic N) is 1. The lowest BCUT2D eigenvalue weighted by Crippen LogP contribution is -2.29. The Labute approximate surface area is 236 Å². The molecule has 11 nitrogen and oxygen atoms in total. The predicted molar refractivity (Wildman–Crippen MR) is 146 cm³/mol. The summed E-state index contributed by atoms with van der Waals surface area (Å²) in [6, 6.07) is 12.3. The van der Waals surface area contributed by atoms with Crippen LogP contribution in [0.25, 0.3) is 5.76 Å². The second-order valence-electron chi connectivity index (χ2n) is 9.14. The van der Waals surface area contributed by atoms with Crippen LogP contribution in [0.4, 0.5) is 0 Å². The Morgan fingerprint density at radius 3 is 2.10 bits per heavy atom. The molecule has 41 heavy (non-hydrogen) atoms. The highest BCUT2D eigenvalue weighted by Gasteiger charge is 2.46. The molecule has 3 aromatic rings. The lowest BCUT2D eigenvalue weighted by Gasteiger charge is -2.27. The van der Waals surface area contributed by atoms with E-state index in [0.717, 1.165) is 0 Å². The largest absolute Gasteiger partial charge is 0.507 e. The molecule has 1 saturated heterocycles. The molecule has 2 aliphatic rings. The normalized spacial score (nSPS) is 17.0. The summed E-state index contributed by atoms with van der Waals surface area (Å²) < 4.78 is 38.1. The number of aliphatic hydroxyl groups excluding tert-OH is 1. The summed E-state index contributed by atoms with van der Waals surface area (Å²) >= 11 is 0. The van der Waals surface area contributed by atoms with Gasteiger partial charge in [-0.05, 0) is 53.6 Å². The zero-order chi connectivity index (χ0) is 29.3. The minimum absolute atomic E-state index is 0.0330. The number of hydrogen-bond donors (Lipinski definition) is 1. The zero-order valence-electron chi connectivity index (χ0n) is 23.2.